The average Bonchev–Trinajstić information content (AvgIpc) is 3.48. The van der Waals surface area contributed by atoms with Crippen molar-refractivity contribution < 1.29 is 9.47 Å². The van der Waals surface area contributed by atoms with Gasteiger partial charge in [0.2, 0.25) is 5.95 Å². The normalized spacial score (nSPS) is 26.2. The maximum absolute atomic E-state index is 5.75. The van der Waals surface area contributed by atoms with E-state index in [1.54, 1.807) is 0 Å². The molecule has 0 spiro atoms. The van der Waals surface area contributed by atoms with E-state index < -0.39 is 0 Å². The Kier molecular flexibility index (Phi) is 5.13. The third-order valence-corrected chi connectivity index (χ3v) is 5.29. The Hall–Kier alpha value is -1.40. The summed E-state index contributed by atoms with van der Waals surface area (Å²) in [5, 5.41) is 0. The molecule has 0 unspecified atom stereocenters. The zero-order valence-electron chi connectivity index (χ0n) is 14.4. The molecule has 0 bridgehead atoms. The predicted molar refractivity (Wildman–Crippen MR) is 92.5 cm³/mol. The first-order valence-corrected chi connectivity index (χ1v) is 9.40. The summed E-state index contributed by atoms with van der Waals surface area (Å²) in [6.45, 7) is 6.69. The Balaban J connectivity index is 1.37. The van der Waals surface area contributed by atoms with Crippen molar-refractivity contribution in [1.82, 2.24) is 14.9 Å². The third kappa shape index (κ3) is 4.16. The lowest BCUT2D eigenvalue weighted by molar-refractivity contribution is 0.0168. The van der Waals surface area contributed by atoms with E-state index in [0.29, 0.717) is 6.04 Å². The number of aromatic nitrogens is 2. The average molecular weight is 332 g/mol. The van der Waals surface area contributed by atoms with Gasteiger partial charge in [-0.05, 0) is 31.6 Å². The van der Waals surface area contributed by atoms with E-state index in [4.69, 9.17) is 9.47 Å². The molecule has 4 rings (SSSR count). The lowest BCUT2D eigenvalue weighted by atomic mass is 10.1. The molecule has 1 aromatic rings. The van der Waals surface area contributed by atoms with Gasteiger partial charge in [0.15, 0.2) is 5.75 Å². The number of morpholine rings is 1. The van der Waals surface area contributed by atoms with E-state index in [2.05, 4.69) is 19.8 Å². The minimum Gasteiger partial charge on any atom is -0.490 e. The molecular weight excluding hydrogens is 304 g/mol. The van der Waals surface area contributed by atoms with Gasteiger partial charge in [0, 0.05) is 32.2 Å². The molecule has 6 heteroatoms. The molecule has 2 saturated heterocycles. The van der Waals surface area contributed by atoms with Crippen LogP contribution in [0.2, 0.25) is 0 Å². The van der Waals surface area contributed by atoms with Crippen molar-refractivity contribution in [3.05, 3.63) is 12.4 Å². The molecule has 0 N–H and O–H groups in total. The number of rotatable bonds is 5. The zero-order chi connectivity index (χ0) is 16.2. The van der Waals surface area contributed by atoms with Crippen molar-refractivity contribution in [1.29, 1.82) is 0 Å². The van der Waals surface area contributed by atoms with Gasteiger partial charge in [-0.3, -0.25) is 4.90 Å². The quantitative estimate of drug-likeness (QED) is 0.821. The van der Waals surface area contributed by atoms with Crippen LogP contribution < -0.4 is 9.64 Å². The van der Waals surface area contributed by atoms with Crippen molar-refractivity contribution in [3.63, 3.8) is 0 Å². The number of anilines is 1. The van der Waals surface area contributed by atoms with Gasteiger partial charge < -0.3 is 14.4 Å². The van der Waals surface area contributed by atoms with Gasteiger partial charge in [-0.15, -0.1) is 0 Å². The van der Waals surface area contributed by atoms with E-state index >= 15 is 0 Å². The first-order chi connectivity index (χ1) is 11.9. The highest BCUT2D eigenvalue weighted by Crippen LogP contribution is 2.29. The molecular formula is C18H28N4O2. The molecule has 3 heterocycles. The Bertz CT molecular complexity index is 514. The first-order valence-electron chi connectivity index (χ1n) is 9.40. The van der Waals surface area contributed by atoms with Gasteiger partial charge in [-0.1, -0.05) is 6.42 Å². The minimum absolute atomic E-state index is 0.589. The number of hydrogen-bond donors (Lipinski definition) is 0. The fourth-order valence-electron chi connectivity index (χ4n) is 3.59. The zero-order valence-corrected chi connectivity index (χ0v) is 14.4. The van der Waals surface area contributed by atoms with Crippen molar-refractivity contribution in [2.75, 3.05) is 50.9 Å². The van der Waals surface area contributed by atoms with E-state index in [0.717, 1.165) is 63.6 Å². The number of nitrogens with zero attached hydrogens (tertiary/aromatic N) is 4. The summed E-state index contributed by atoms with van der Waals surface area (Å²) in [5.41, 5.74) is 0. The molecule has 1 saturated carbocycles. The second-order valence-corrected chi connectivity index (χ2v) is 7.22. The van der Waals surface area contributed by atoms with Crippen molar-refractivity contribution in [2.24, 2.45) is 5.92 Å². The van der Waals surface area contributed by atoms with E-state index in [1.165, 1.54) is 32.1 Å². The standard InChI is InChI=1S/C18H28N4O2/c1-2-6-22(13-16(3-1)21-7-9-23-10-8-21)18-19-11-17(12-20-18)24-14-15-4-5-15/h11-12,15-16H,1-10,13-14H2/t16-/m0/s1. The summed E-state index contributed by atoms with van der Waals surface area (Å²) in [5.74, 6) is 2.39. The van der Waals surface area contributed by atoms with Crippen molar-refractivity contribution in [3.8, 4) is 5.75 Å². The smallest absolute Gasteiger partial charge is 0.225 e. The maximum Gasteiger partial charge on any atom is 0.225 e. The molecule has 24 heavy (non-hydrogen) atoms. The largest absolute Gasteiger partial charge is 0.490 e. The van der Waals surface area contributed by atoms with Crippen molar-refractivity contribution in [2.45, 2.75) is 38.1 Å². The Labute approximate surface area is 144 Å². The lowest BCUT2D eigenvalue weighted by Gasteiger charge is -2.36. The van der Waals surface area contributed by atoms with Gasteiger partial charge in [0.25, 0.3) is 0 Å². The Morgan fingerprint density at radius 3 is 2.58 bits per heavy atom. The van der Waals surface area contributed by atoms with Gasteiger partial charge in [-0.2, -0.15) is 0 Å². The molecule has 0 aromatic carbocycles. The van der Waals surface area contributed by atoms with Crippen LogP contribution in [0.15, 0.2) is 12.4 Å². The van der Waals surface area contributed by atoms with Crippen LogP contribution in [0.1, 0.15) is 32.1 Å². The molecule has 3 aliphatic rings. The third-order valence-electron chi connectivity index (χ3n) is 5.29. The van der Waals surface area contributed by atoms with Gasteiger partial charge in [0.1, 0.15) is 0 Å². The first kappa shape index (κ1) is 16.1. The highest BCUT2D eigenvalue weighted by atomic mass is 16.5. The number of ether oxygens (including phenoxy) is 2. The maximum atomic E-state index is 5.75. The monoisotopic (exact) mass is 332 g/mol. The molecule has 3 fully saturated rings. The number of hydrogen-bond acceptors (Lipinski definition) is 6. The molecule has 1 aromatic heterocycles. The van der Waals surface area contributed by atoms with Crippen LogP contribution in [0.3, 0.4) is 0 Å². The van der Waals surface area contributed by atoms with Crippen LogP contribution in [0.25, 0.3) is 0 Å². The summed E-state index contributed by atoms with van der Waals surface area (Å²) in [7, 11) is 0. The molecule has 1 atom stereocenters. The van der Waals surface area contributed by atoms with E-state index in [9.17, 15) is 0 Å². The van der Waals surface area contributed by atoms with Crippen molar-refractivity contribution >= 4 is 5.95 Å². The van der Waals surface area contributed by atoms with Gasteiger partial charge in [-0.25, -0.2) is 9.97 Å². The summed E-state index contributed by atoms with van der Waals surface area (Å²) in [6, 6.07) is 0.589. The SMILES string of the molecule is c1nc(N2CCCC[C@H](N3CCOCC3)C2)ncc1OCC1CC1. The van der Waals surface area contributed by atoms with Crippen LogP contribution in [0, 0.1) is 5.92 Å². The second-order valence-electron chi connectivity index (χ2n) is 7.22. The predicted octanol–water partition coefficient (Wildman–Crippen LogP) is 1.96. The lowest BCUT2D eigenvalue weighted by Crippen LogP contribution is -2.48. The summed E-state index contributed by atoms with van der Waals surface area (Å²) in [6.07, 6.45) is 10.0. The molecule has 1 aliphatic carbocycles. The van der Waals surface area contributed by atoms with Crippen LogP contribution in [0.4, 0.5) is 5.95 Å². The second kappa shape index (κ2) is 7.66. The summed E-state index contributed by atoms with van der Waals surface area (Å²) in [4.78, 5) is 14.1. The van der Waals surface area contributed by atoms with Crippen LogP contribution >= 0.6 is 0 Å². The Morgan fingerprint density at radius 2 is 1.83 bits per heavy atom. The molecule has 2 aliphatic heterocycles. The van der Waals surface area contributed by atoms with E-state index in [-0.39, 0.29) is 0 Å². The van der Waals surface area contributed by atoms with Gasteiger partial charge >= 0.3 is 0 Å². The molecule has 0 amide bonds. The highest BCUT2D eigenvalue weighted by Gasteiger charge is 2.26. The minimum atomic E-state index is 0.589. The topological polar surface area (TPSA) is 50.7 Å². The fourth-order valence-corrected chi connectivity index (χ4v) is 3.59. The molecule has 0 radical (unpaired) electrons. The summed E-state index contributed by atoms with van der Waals surface area (Å²) >= 11 is 0. The van der Waals surface area contributed by atoms with Crippen LogP contribution in [0.5, 0.6) is 5.75 Å². The molecule has 132 valence electrons. The Morgan fingerprint density at radius 1 is 1.04 bits per heavy atom. The van der Waals surface area contributed by atoms with Gasteiger partial charge in [0.05, 0.1) is 32.2 Å². The fraction of sp³-hybridized carbons (Fsp3) is 0.778. The summed E-state index contributed by atoms with van der Waals surface area (Å²) < 4.78 is 11.2. The van der Waals surface area contributed by atoms with Crippen LogP contribution in [-0.4, -0.2) is 66.9 Å². The highest BCUT2D eigenvalue weighted by molar-refractivity contribution is 5.32. The van der Waals surface area contributed by atoms with Crippen LogP contribution in [-0.2, 0) is 4.74 Å². The molecule has 6 nitrogen and oxygen atoms in total. The van der Waals surface area contributed by atoms with E-state index in [1.807, 2.05) is 12.4 Å².